The quantitative estimate of drug-likeness (QED) is 0.173. The van der Waals surface area contributed by atoms with E-state index in [1.807, 2.05) is 0 Å². The molecule has 0 aliphatic heterocycles. The van der Waals surface area contributed by atoms with Crippen LogP contribution in [0.1, 0.15) is 120 Å². The van der Waals surface area contributed by atoms with Gasteiger partial charge in [0, 0.05) is 0 Å². The maximum Gasteiger partial charge on any atom is 0.328 e. The molecule has 0 aliphatic rings. The van der Waals surface area contributed by atoms with Crippen LogP contribution in [-0.2, 0) is 9.53 Å². The van der Waals surface area contributed by atoms with Crippen molar-refractivity contribution in [3.63, 3.8) is 0 Å². The SMILES string of the molecule is CCCCCCCCCCCCCCCOC(=O)C(NC(=O)c1c(F)ccc(C)c1F)C(C)C. The number of unbranched alkanes of at least 4 members (excludes halogenated alkanes) is 12. The standard InChI is InChI=1S/C28H45F2NO3/c1-5-6-7-8-9-10-11-12-13-14-15-16-17-20-34-28(33)26(21(2)3)31-27(32)24-23(29)19-18-22(4)25(24)30/h18-19,21,26H,5-17,20H2,1-4H3,(H,31,32). The lowest BCUT2D eigenvalue weighted by molar-refractivity contribution is -0.147. The maximum absolute atomic E-state index is 14.2. The van der Waals surface area contributed by atoms with Crippen molar-refractivity contribution in [2.24, 2.45) is 5.92 Å². The predicted octanol–water partition coefficient (Wildman–Crippen LogP) is 7.66. The Morgan fingerprint density at radius 3 is 1.85 bits per heavy atom. The van der Waals surface area contributed by atoms with Gasteiger partial charge in [-0.3, -0.25) is 4.79 Å². The zero-order valence-electron chi connectivity index (χ0n) is 21.7. The average Bonchev–Trinajstić information content (AvgIpc) is 2.80. The van der Waals surface area contributed by atoms with Crippen molar-refractivity contribution in [2.75, 3.05) is 6.61 Å². The molecule has 6 heteroatoms. The smallest absolute Gasteiger partial charge is 0.328 e. The summed E-state index contributed by atoms with van der Waals surface area (Å²) in [5, 5.41) is 2.45. The van der Waals surface area contributed by atoms with Crippen LogP contribution < -0.4 is 5.32 Å². The molecule has 4 nitrogen and oxygen atoms in total. The number of esters is 1. The Hall–Kier alpha value is -1.98. The van der Waals surface area contributed by atoms with Crippen LogP contribution in [0.15, 0.2) is 12.1 Å². The summed E-state index contributed by atoms with van der Waals surface area (Å²) in [5.74, 6) is -3.67. The molecular formula is C28H45F2NO3. The molecule has 0 aliphatic carbocycles. The van der Waals surface area contributed by atoms with Crippen LogP contribution in [0.4, 0.5) is 8.78 Å². The molecule has 0 bridgehead atoms. The number of halogens is 2. The Kier molecular flexibility index (Phi) is 15.4. The Morgan fingerprint density at radius 2 is 1.35 bits per heavy atom. The van der Waals surface area contributed by atoms with Crippen molar-refractivity contribution in [1.82, 2.24) is 5.32 Å². The first kappa shape index (κ1) is 30.1. The lowest BCUT2D eigenvalue weighted by atomic mass is 10.0. The molecule has 1 atom stereocenters. The summed E-state index contributed by atoms with van der Waals surface area (Å²) in [4.78, 5) is 24.9. The van der Waals surface area contributed by atoms with Crippen LogP contribution >= 0.6 is 0 Å². The molecule has 0 spiro atoms. The number of aryl methyl sites for hydroxylation is 1. The highest BCUT2D eigenvalue weighted by Gasteiger charge is 2.28. The van der Waals surface area contributed by atoms with Gasteiger partial charge >= 0.3 is 5.97 Å². The number of nitrogens with one attached hydrogen (secondary N) is 1. The molecule has 0 aromatic heterocycles. The van der Waals surface area contributed by atoms with Crippen molar-refractivity contribution in [1.29, 1.82) is 0 Å². The molecule has 194 valence electrons. The molecule has 0 saturated carbocycles. The van der Waals surface area contributed by atoms with E-state index in [1.54, 1.807) is 13.8 Å². The third kappa shape index (κ3) is 11.4. The first-order valence-corrected chi connectivity index (χ1v) is 13.2. The zero-order chi connectivity index (χ0) is 25.3. The number of ether oxygens (including phenoxy) is 1. The largest absolute Gasteiger partial charge is 0.464 e. The van der Waals surface area contributed by atoms with Crippen LogP contribution in [0.2, 0.25) is 0 Å². The molecular weight excluding hydrogens is 436 g/mol. The van der Waals surface area contributed by atoms with Gasteiger partial charge in [-0.05, 0) is 30.9 Å². The van der Waals surface area contributed by atoms with Gasteiger partial charge in [-0.15, -0.1) is 0 Å². The van der Waals surface area contributed by atoms with E-state index in [0.717, 1.165) is 25.3 Å². The Labute approximate surface area is 205 Å². The number of hydrogen-bond acceptors (Lipinski definition) is 3. The van der Waals surface area contributed by atoms with Gasteiger partial charge in [0.25, 0.3) is 5.91 Å². The summed E-state index contributed by atoms with van der Waals surface area (Å²) in [5.41, 5.74) is -0.507. The van der Waals surface area contributed by atoms with Gasteiger partial charge < -0.3 is 10.1 Å². The summed E-state index contributed by atoms with van der Waals surface area (Å²) < 4.78 is 33.6. The number of carbonyl (C=O) groups excluding carboxylic acids is 2. The van der Waals surface area contributed by atoms with Crippen LogP contribution in [0.5, 0.6) is 0 Å². The molecule has 34 heavy (non-hydrogen) atoms. The topological polar surface area (TPSA) is 55.4 Å². The first-order chi connectivity index (χ1) is 16.3. The fourth-order valence-corrected chi connectivity index (χ4v) is 3.96. The van der Waals surface area contributed by atoms with Gasteiger partial charge in [0.05, 0.1) is 6.61 Å². The predicted molar refractivity (Wildman–Crippen MR) is 134 cm³/mol. The van der Waals surface area contributed by atoms with E-state index >= 15 is 0 Å². The lowest BCUT2D eigenvalue weighted by Crippen LogP contribution is -2.46. The molecule has 1 unspecified atom stereocenters. The van der Waals surface area contributed by atoms with Crippen LogP contribution in [0.25, 0.3) is 0 Å². The van der Waals surface area contributed by atoms with Crippen LogP contribution in [0, 0.1) is 24.5 Å². The van der Waals surface area contributed by atoms with Crippen molar-refractivity contribution >= 4 is 11.9 Å². The number of hydrogen-bond donors (Lipinski definition) is 1. The highest BCUT2D eigenvalue weighted by molar-refractivity contribution is 5.97. The Balaban J connectivity index is 2.24. The number of rotatable bonds is 18. The summed E-state index contributed by atoms with van der Waals surface area (Å²) in [6.07, 6.45) is 16.0. The molecule has 1 aromatic carbocycles. The van der Waals surface area contributed by atoms with Crippen LogP contribution in [0.3, 0.4) is 0 Å². The fraction of sp³-hybridized carbons (Fsp3) is 0.714. The van der Waals surface area contributed by atoms with Gasteiger partial charge in [-0.1, -0.05) is 104 Å². The highest BCUT2D eigenvalue weighted by atomic mass is 19.1. The Bertz CT molecular complexity index is 737. The maximum atomic E-state index is 14.2. The van der Waals surface area contributed by atoms with Gasteiger partial charge in [0.15, 0.2) is 0 Å². The van der Waals surface area contributed by atoms with E-state index in [2.05, 4.69) is 12.2 Å². The minimum absolute atomic E-state index is 0.164. The molecule has 1 N–H and O–H groups in total. The molecule has 0 heterocycles. The molecule has 1 amide bonds. The summed E-state index contributed by atoms with van der Waals surface area (Å²) in [6.45, 7) is 7.48. The lowest BCUT2D eigenvalue weighted by Gasteiger charge is -2.21. The number of benzene rings is 1. The molecule has 1 aromatic rings. The third-order valence-electron chi connectivity index (χ3n) is 6.21. The zero-order valence-corrected chi connectivity index (χ0v) is 21.7. The van der Waals surface area contributed by atoms with Crippen LogP contribution in [-0.4, -0.2) is 24.5 Å². The molecule has 1 rings (SSSR count). The monoisotopic (exact) mass is 481 g/mol. The molecule has 0 saturated heterocycles. The molecule has 0 fully saturated rings. The third-order valence-corrected chi connectivity index (χ3v) is 6.21. The summed E-state index contributed by atoms with van der Waals surface area (Å²) in [7, 11) is 0. The van der Waals surface area contributed by atoms with Gasteiger partial charge in [0.1, 0.15) is 23.2 Å². The van der Waals surface area contributed by atoms with E-state index in [9.17, 15) is 18.4 Å². The van der Waals surface area contributed by atoms with Crippen molar-refractivity contribution < 1.29 is 23.1 Å². The van der Waals surface area contributed by atoms with Crippen molar-refractivity contribution in [3.05, 3.63) is 34.9 Å². The summed E-state index contributed by atoms with van der Waals surface area (Å²) >= 11 is 0. The van der Waals surface area contributed by atoms with Gasteiger partial charge in [0.2, 0.25) is 0 Å². The molecule has 0 radical (unpaired) electrons. The van der Waals surface area contributed by atoms with Crippen molar-refractivity contribution in [2.45, 2.75) is 117 Å². The van der Waals surface area contributed by atoms with Gasteiger partial charge in [-0.2, -0.15) is 0 Å². The van der Waals surface area contributed by atoms with Gasteiger partial charge in [-0.25, -0.2) is 13.6 Å². The number of carbonyl (C=O) groups is 2. The first-order valence-electron chi connectivity index (χ1n) is 13.2. The minimum Gasteiger partial charge on any atom is -0.464 e. The Morgan fingerprint density at radius 1 is 0.853 bits per heavy atom. The second kappa shape index (κ2) is 17.5. The van der Waals surface area contributed by atoms with E-state index in [-0.39, 0.29) is 18.1 Å². The fourth-order valence-electron chi connectivity index (χ4n) is 3.96. The van der Waals surface area contributed by atoms with E-state index in [0.29, 0.717) is 0 Å². The van der Waals surface area contributed by atoms with E-state index in [4.69, 9.17) is 4.74 Å². The second-order valence-corrected chi connectivity index (χ2v) is 9.66. The van der Waals surface area contributed by atoms with Crippen molar-refractivity contribution in [3.8, 4) is 0 Å². The van der Waals surface area contributed by atoms with E-state index < -0.39 is 35.1 Å². The average molecular weight is 482 g/mol. The number of amides is 1. The second-order valence-electron chi connectivity index (χ2n) is 9.66. The minimum atomic E-state index is -0.964. The summed E-state index contributed by atoms with van der Waals surface area (Å²) in [6, 6.07) is 1.35. The van der Waals surface area contributed by atoms with E-state index in [1.165, 1.54) is 77.2 Å². The normalized spacial score (nSPS) is 12.1. The highest BCUT2D eigenvalue weighted by Crippen LogP contribution is 2.17.